The van der Waals surface area contributed by atoms with Gasteiger partial charge in [0.2, 0.25) is 0 Å². The van der Waals surface area contributed by atoms with Gasteiger partial charge >= 0.3 is 5.97 Å². The van der Waals surface area contributed by atoms with E-state index in [9.17, 15) is 9.59 Å². The second-order valence-corrected chi connectivity index (χ2v) is 10.0. The Bertz CT molecular complexity index is 677. The number of piperidine rings is 1. The van der Waals surface area contributed by atoms with Crippen LogP contribution in [0.5, 0.6) is 0 Å². The standard InChI is InChI=1S/C24H37NO3/c1-8-20-11-9-10-12-25(20)21(26)16-28-22(27)17-13-18(23(2,3)4)15-19(14-17)24(5,6)7/h13-15,20H,8-12,16H2,1-7H3/t20-/m1/s1. The second-order valence-electron chi connectivity index (χ2n) is 10.0. The van der Waals surface area contributed by atoms with Gasteiger partial charge in [0.1, 0.15) is 0 Å². The molecule has 1 fully saturated rings. The normalized spacial score (nSPS) is 18.1. The number of benzene rings is 1. The van der Waals surface area contributed by atoms with Crippen LogP contribution in [0.1, 0.15) is 95.6 Å². The van der Waals surface area contributed by atoms with E-state index in [0.29, 0.717) is 5.56 Å². The summed E-state index contributed by atoms with van der Waals surface area (Å²) in [5, 5.41) is 0. The van der Waals surface area contributed by atoms with E-state index < -0.39 is 5.97 Å². The van der Waals surface area contributed by atoms with Gasteiger partial charge < -0.3 is 9.64 Å². The molecule has 4 heteroatoms. The topological polar surface area (TPSA) is 46.6 Å². The highest BCUT2D eigenvalue weighted by Gasteiger charge is 2.27. The molecule has 1 saturated heterocycles. The van der Waals surface area contributed by atoms with E-state index in [1.807, 2.05) is 17.0 Å². The fraction of sp³-hybridized carbons (Fsp3) is 0.667. The predicted molar refractivity (Wildman–Crippen MR) is 114 cm³/mol. The van der Waals surface area contributed by atoms with Crippen molar-refractivity contribution in [2.75, 3.05) is 13.2 Å². The first-order valence-corrected chi connectivity index (χ1v) is 10.6. The van der Waals surface area contributed by atoms with Crippen LogP contribution in [0.25, 0.3) is 0 Å². The summed E-state index contributed by atoms with van der Waals surface area (Å²) in [4.78, 5) is 27.2. The molecule has 0 N–H and O–H groups in total. The zero-order valence-electron chi connectivity index (χ0n) is 18.7. The Morgan fingerprint density at radius 1 is 1.00 bits per heavy atom. The molecule has 0 radical (unpaired) electrons. The van der Waals surface area contributed by atoms with E-state index in [1.165, 1.54) is 0 Å². The molecule has 1 aromatic rings. The molecule has 4 nitrogen and oxygen atoms in total. The van der Waals surface area contributed by atoms with Crippen molar-refractivity contribution in [3.8, 4) is 0 Å². The Balaban J connectivity index is 2.16. The van der Waals surface area contributed by atoms with Gasteiger partial charge in [0, 0.05) is 12.6 Å². The van der Waals surface area contributed by atoms with Gasteiger partial charge in [-0.3, -0.25) is 4.79 Å². The summed E-state index contributed by atoms with van der Waals surface area (Å²) >= 11 is 0. The number of ether oxygens (including phenoxy) is 1. The number of esters is 1. The van der Waals surface area contributed by atoms with E-state index in [0.717, 1.165) is 43.4 Å². The van der Waals surface area contributed by atoms with Crippen molar-refractivity contribution in [2.24, 2.45) is 0 Å². The van der Waals surface area contributed by atoms with E-state index in [1.54, 1.807) is 0 Å². The quantitative estimate of drug-likeness (QED) is 0.665. The molecule has 2 rings (SSSR count). The van der Waals surface area contributed by atoms with Crippen molar-refractivity contribution in [2.45, 2.75) is 91.0 Å². The third kappa shape index (κ3) is 5.59. The average molecular weight is 388 g/mol. The van der Waals surface area contributed by atoms with E-state index in [-0.39, 0.29) is 29.4 Å². The predicted octanol–water partition coefficient (Wildman–Crippen LogP) is 5.23. The van der Waals surface area contributed by atoms with Crippen molar-refractivity contribution in [3.63, 3.8) is 0 Å². The maximum absolute atomic E-state index is 12.7. The molecule has 0 saturated carbocycles. The molecular weight excluding hydrogens is 350 g/mol. The summed E-state index contributed by atoms with van der Waals surface area (Å²) in [7, 11) is 0. The summed E-state index contributed by atoms with van der Waals surface area (Å²) in [6.07, 6.45) is 4.18. The van der Waals surface area contributed by atoms with Crippen LogP contribution in [0.3, 0.4) is 0 Å². The number of hydrogen-bond donors (Lipinski definition) is 0. The molecule has 1 atom stereocenters. The molecule has 28 heavy (non-hydrogen) atoms. The highest BCUT2D eigenvalue weighted by atomic mass is 16.5. The average Bonchev–Trinajstić information content (AvgIpc) is 2.63. The zero-order valence-corrected chi connectivity index (χ0v) is 18.7. The van der Waals surface area contributed by atoms with Crippen molar-refractivity contribution >= 4 is 11.9 Å². The number of carbonyl (C=O) groups excluding carboxylic acids is 2. The monoisotopic (exact) mass is 387 g/mol. The van der Waals surface area contributed by atoms with Crippen LogP contribution in [-0.4, -0.2) is 36.0 Å². The van der Waals surface area contributed by atoms with Crippen molar-refractivity contribution in [3.05, 3.63) is 34.9 Å². The first kappa shape index (κ1) is 22.4. The van der Waals surface area contributed by atoms with Gasteiger partial charge in [-0.2, -0.15) is 0 Å². The molecule has 1 aliphatic rings. The SMILES string of the molecule is CC[C@@H]1CCCCN1C(=O)COC(=O)c1cc(C(C)(C)C)cc(C(C)(C)C)c1. The largest absolute Gasteiger partial charge is 0.452 e. The second kappa shape index (κ2) is 8.67. The van der Waals surface area contributed by atoms with Gasteiger partial charge in [0.05, 0.1) is 5.56 Å². The molecule has 0 spiro atoms. The van der Waals surface area contributed by atoms with Crippen LogP contribution in [-0.2, 0) is 20.4 Å². The van der Waals surface area contributed by atoms with E-state index in [2.05, 4.69) is 54.5 Å². The number of amides is 1. The minimum atomic E-state index is -0.421. The molecule has 1 heterocycles. The Kier molecular flexibility index (Phi) is 6.95. The summed E-state index contributed by atoms with van der Waals surface area (Å²) < 4.78 is 5.44. The van der Waals surface area contributed by atoms with Gasteiger partial charge in [0.15, 0.2) is 6.61 Å². The van der Waals surface area contributed by atoms with Gasteiger partial charge in [-0.1, -0.05) is 54.5 Å². The number of likely N-dealkylation sites (tertiary alicyclic amines) is 1. The molecule has 1 aromatic carbocycles. The minimum Gasteiger partial charge on any atom is -0.452 e. The highest BCUT2D eigenvalue weighted by molar-refractivity contribution is 5.92. The Morgan fingerprint density at radius 2 is 1.57 bits per heavy atom. The van der Waals surface area contributed by atoms with Crippen LogP contribution < -0.4 is 0 Å². The number of rotatable bonds is 4. The van der Waals surface area contributed by atoms with Gasteiger partial charge in [-0.05, 0) is 59.8 Å². The van der Waals surface area contributed by atoms with Crippen LogP contribution in [0, 0.1) is 0 Å². The first-order chi connectivity index (χ1) is 12.9. The zero-order chi connectivity index (χ0) is 21.1. The number of hydrogen-bond acceptors (Lipinski definition) is 3. The third-order valence-electron chi connectivity index (χ3n) is 5.65. The smallest absolute Gasteiger partial charge is 0.338 e. The summed E-state index contributed by atoms with van der Waals surface area (Å²) in [5.41, 5.74) is 2.57. The maximum atomic E-state index is 12.7. The van der Waals surface area contributed by atoms with Crippen LogP contribution in [0.4, 0.5) is 0 Å². The molecular formula is C24H37NO3. The van der Waals surface area contributed by atoms with E-state index >= 15 is 0 Å². The number of carbonyl (C=O) groups is 2. The van der Waals surface area contributed by atoms with Gasteiger partial charge in [0.25, 0.3) is 5.91 Å². The van der Waals surface area contributed by atoms with Gasteiger partial charge in [-0.15, -0.1) is 0 Å². The van der Waals surface area contributed by atoms with Gasteiger partial charge in [-0.25, -0.2) is 4.79 Å². The van der Waals surface area contributed by atoms with Crippen molar-refractivity contribution < 1.29 is 14.3 Å². The maximum Gasteiger partial charge on any atom is 0.338 e. The molecule has 0 unspecified atom stereocenters. The van der Waals surface area contributed by atoms with Crippen LogP contribution in [0.2, 0.25) is 0 Å². The van der Waals surface area contributed by atoms with Crippen molar-refractivity contribution in [1.29, 1.82) is 0 Å². The number of nitrogens with zero attached hydrogens (tertiary/aromatic N) is 1. The molecule has 156 valence electrons. The summed E-state index contributed by atoms with van der Waals surface area (Å²) in [6.45, 7) is 15.5. The molecule has 1 amide bonds. The lowest BCUT2D eigenvalue weighted by Crippen LogP contribution is -2.45. The first-order valence-electron chi connectivity index (χ1n) is 10.6. The summed E-state index contributed by atoms with van der Waals surface area (Å²) in [5.74, 6) is -0.502. The Morgan fingerprint density at radius 3 is 2.07 bits per heavy atom. The molecule has 0 aromatic heterocycles. The van der Waals surface area contributed by atoms with Crippen LogP contribution in [0.15, 0.2) is 18.2 Å². The minimum absolute atomic E-state index is 0.0751. The highest BCUT2D eigenvalue weighted by Crippen LogP contribution is 2.30. The Hall–Kier alpha value is -1.84. The van der Waals surface area contributed by atoms with E-state index in [4.69, 9.17) is 4.74 Å². The molecule has 0 aliphatic carbocycles. The lowest BCUT2D eigenvalue weighted by Gasteiger charge is -2.35. The van der Waals surface area contributed by atoms with Crippen molar-refractivity contribution in [1.82, 2.24) is 4.90 Å². The Labute approximate surface area is 170 Å². The fourth-order valence-corrected chi connectivity index (χ4v) is 3.66. The lowest BCUT2D eigenvalue weighted by molar-refractivity contribution is -0.138. The molecule has 0 bridgehead atoms. The molecule has 1 aliphatic heterocycles. The summed E-state index contributed by atoms with van der Waals surface area (Å²) in [6, 6.07) is 6.24. The third-order valence-corrected chi connectivity index (χ3v) is 5.65. The van der Waals surface area contributed by atoms with Crippen LogP contribution >= 0.6 is 0 Å². The fourth-order valence-electron chi connectivity index (χ4n) is 3.66. The lowest BCUT2D eigenvalue weighted by atomic mass is 9.79.